The molecule has 0 saturated heterocycles. The molecule has 0 spiro atoms. The smallest absolute Gasteiger partial charge is 0.302 e. The maximum atomic E-state index is 12.5. The highest BCUT2D eigenvalue weighted by Gasteiger charge is 2.29. The Bertz CT molecular complexity index is 1500. The molecule has 0 amide bonds. The zero-order valence-electron chi connectivity index (χ0n) is 14.1. The summed E-state index contributed by atoms with van der Waals surface area (Å²) in [6, 6.07) is 1.44. The Morgan fingerprint density at radius 1 is 0.733 bits per heavy atom. The van der Waals surface area contributed by atoms with E-state index in [9.17, 15) is 51.7 Å². The van der Waals surface area contributed by atoms with Crippen LogP contribution in [0.4, 0.5) is 0 Å². The van der Waals surface area contributed by atoms with Crippen molar-refractivity contribution in [2.75, 3.05) is 0 Å². The van der Waals surface area contributed by atoms with Gasteiger partial charge in [0.1, 0.15) is 21.8 Å². The maximum Gasteiger partial charge on any atom is 0.302 e. The van der Waals surface area contributed by atoms with Gasteiger partial charge >= 0.3 is 10.1 Å². The first kappa shape index (κ1) is 21.2. The molecule has 0 unspecified atom stereocenters. The fraction of sp³-hybridized carbons (Fsp3) is 0. The summed E-state index contributed by atoms with van der Waals surface area (Å²) < 4.78 is 69.5. The molecule has 0 aliphatic heterocycles. The van der Waals surface area contributed by atoms with Gasteiger partial charge in [0.15, 0.2) is 27.7 Å². The molecule has 7 N–H and O–H groups in total. The summed E-state index contributed by atoms with van der Waals surface area (Å²) in [7, 11) is -10.4. The van der Waals surface area contributed by atoms with Crippen LogP contribution in [0.2, 0.25) is 0 Å². The number of hydrogen-bond acceptors (Lipinski definition) is 11. The Labute approximate surface area is 165 Å². The predicted molar refractivity (Wildman–Crippen MR) is 95.9 cm³/mol. The number of hydrogen-bond donors (Lipinski definition) is 7. The highest BCUT2D eigenvalue weighted by Crippen LogP contribution is 2.43. The fourth-order valence-corrected chi connectivity index (χ4v) is 3.99. The van der Waals surface area contributed by atoms with E-state index in [0.717, 1.165) is 0 Å². The minimum Gasteiger partial charge on any atom is -0.507 e. The van der Waals surface area contributed by atoms with E-state index in [1.807, 2.05) is 0 Å². The summed E-state index contributed by atoms with van der Waals surface area (Å²) in [6.45, 7) is 0. The predicted octanol–water partition coefficient (Wildman–Crippen LogP) is 0.481. The molecule has 30 heavy (non-hydrogen) atoms. The van der Waals surface area contributed by atoms with Gasteiger partial charge in [-0.1, -0.05) is 0 Å². The van der Waals surface area contributed by atoms with Crippen LogP contribution in [0.5, 0.6) is 28.7 Å². The van der Waals surface area contributed by atoms with Crippen molar-refractivity contribution in [3.8, 4) is 40.1 Å². The fourth-order valence-electron chi connectivity index (χ4n) is 2.67. The van der Waals surface area contributed by atoms with Crippen LogP contribution in [0, 0.1) is 0 Å². The Hall–Kier alpha value is -3.53. The van der Waals surface area contributed by atoms with E-state index in [1.165, 1.54) is 0 Å². The third-order valence-electron chi connectivity index (χ3n) is 3.91. The summed E-state index contributed by atoms with van der Waals surface area (Å²) in [4.78, 5) is 9.85. The molecular weight excluding hydrogens is 452 g/mol. The van der Waals surface area contributed by atoms with Crippen LogP contribution < -0.4 is 5.43 Å². The minimum absolute atomic E-state index is 0.393. The molecule has 13 nitrogen and oxygen atoms in total. The van der Waals surface area contributed by atoms with Crippen LogP contribution in [-0.2, 0) is 20.2 Å². The van der Waals surface area contributed by atoms with Crippen molar-refractivity contribution < 1.29 is 55.9 Å². The molecule has 0 aliphatic rings. The van der Waals surface area contributed by atoms with Crippen LogP contribution in [0.3, 0.4) is 0 Å². The maximum absolute atomic E-state index is 12.5. The lowest BCUT2D eigenvalue weighted by molar-refractivity contribution is 0.388. The van der Waals surface area contributed by atoms with Crippen LogP contribution in [0.1, 0.15) is 0 Å². The number of fused-ring (bicyclic) bond motifs is 1. The summed E-state index contributed by atoms with van der Waals surface area (Å²) in [5.41, 5.74) is -3.23. The second-order valence-electron chi connectivity index (χ2n) is 5.85. The number of phenolic OH excluding ortho intramolecular Hbond substituents is 4. The summed E-state index contributed by atoms with van der Waals surface area (Å²) in [5.74, 6) is -6.99. The highest BCUT2D eigenvalue weighted by molar-refractivity contribution is 7.86. The van der Waals surface area contributed by atoms with Gasteiger partial charge in [0.2, 0.25) is 11.2 Å². The second-order valence-corrected chi connectivity index (χ2v) is 8.60. The van der Waals surface area contributed by atoms with Crippen molar-refractivity contribution in [3.63, 3.8) is 0 Å². The summed E-state index contributed by atoms with van der Waals surface area (Å²) in [6.07, 6.45) is 0. The van der Waals surface area contributed by atoms with Crippen molar-refractivity contribution in [2.24, 2.45) is 0 Å². The third kappa shape index (κ3) is 3.24. The van der Waals surface area contributed by atoms with E-state index in [4.69, 9.17) is 8.97 Å². The molecule has 2 aromatic carbocycles. The Balaban J connectivity index is 2.56. The van der Waals surface area contributed by atoms with Gasteiger partial charge in [-0.25, -0.2) is 0 Å². The molecule has 0 radical (unpaired) electrons. The van der Waals surface area contributed by atoms with Crippen molar-refractivity contribution >= 4 is 31.2 Å². The first-order chi connectivity index (χ1) is 13.6. The molecule has 3 rings (SSSR count). The SMILES string of the molecule is O=c1c(O)c(-c2cc(O)c(O)c(S(=O)(=O)O)c2)oc2c(S(=O)(=O)O)c(O)cc(O)c12. The standard InChI is InChI=1S/C15H10O13S2/c16-5-3-7(18)15(30(25,26)27)14-9(5)11(20)12(21)13(28-14)4-1-6(17)10(19)8(2-4)29(22,23)24/h1-3,16-19,21H,(H,22,23,24)(H,25,26,27). The first-order valence-corrected chi connectivity index (χ1v) is 10.3. The van der Waals surface area contributed by atoms with Crippen molar-refractivity contribution in [1.29, 1.82) is 0 Å². The molecule has 0 bridgehead atoms. The molecule has 0 atom stereocenters. The third-order valence-corrected chi connectivity index (χ3v) is 5.69. The molecule has 0 saturated carbocycles. The molecule has 0 aliphatic carbocycles. The van der Waals surface area contributed by atoms with Crippen molar-refractivity contribution in [3.05, 3.63) is 28.4 Å². The lowest BCUT2D eigenvalue weighted by Gasteiger charge is -2.12. The first-order valence-electron chi connectivity index (χ1n) is 7.40. The van der Waals surface area contributed by atoms with E-state index in [2.05, 4.69) is 0 Å². The lowest BCUT2D eigenvalue weighted by atomic mass is 10.1. The quantitative estimate of drug-likeness (QED) is 0.207. The van der Waals surface area contributed by atoms with Gasteiger partial charge in [0.05, 0.1) is 0 Å². The van der Waals surface area contributed by atoms with E-state index >= 15 is 0 Å². The zero-order chi connectivity index (χ0) is 22.8. The molecule has 1 heterocycles. The Kier molecular flexibility index (Phi) is 4.58. The summed E-state index contributed by atoms with van der Waals surface area (Å²) in [5, 5.41) is 48.1. The number of benzene rings is 2. The van der Waals surface area contributed by atoms with E-state index in [0.29, 0.717) is 18.2 Å². The average molecular weight is 462 g/mol. The Morgan fingerprint density at radius 2 is 1.33 bits per heavy atom. The molecule has 1 aromatic heterocycles. The van der Waals surface area contributed by atoms with Crippen molar-refractivity contribution in [1.82, 2.24) is 0 Å². The van der Waals surface area contributed by atoms with Gasteiger partial charge < -0.3 is 29.9 Å². The van der Waals surface area contributed by atoms with E-state index in [1.54, 1.807) is 0 Å². The Morgan fingerprint density at radius 3 is 1.87 bits per heavy atom. The van der Waals surface area contributed by atoms with Gasteiger partial charge in [-0.15, -0.1) is 0 Å². The second kappa shape index (κ2) is 6.49. The molecule has 15 heteroatoms. The number of aromatic hydroxyl groups is 5. The van der Waals surface area contributed by atoms with Crippen LogP contribution in [0.25, 0.3) is 22.3 Å². The molecule has 160 valence electrons. The molecular formula is C15H10O13S2. The van der Waals surface area contributed by atoms with Gasteiger partial charge in [-0.3, -0.25) is 13.9 Å². The van der Waals surface area contributed by atoms with Crippen LogP contribution >= 0.6 is 0 Å². The normalized spacial score (nSPS) is 12.3. The van der Waals surface area contributed by atoms with Gasteiger partial charge in [-0.05, 0) is 12.1 Å². The topological polar surface area (TPSA) is 240 Å². The monoisotopic (exact) mass is 462 g/mol. The van der Waals surface area contributed by atoms with E-state index in [-0.39, 0.29) is 0 Å². The molecule has 0 fully saturated rings. The van der Waals surface area contributed by atoms with Crippen LogP contribution in [0.15, 0.2) is 37.2 Å². The average Bonchev–Trinajstić information content (AvgIpc) is 2.57. The zero-order valence-corrected chi connectivity index (χ0v) is 15.8. The van der Waals surface area contributed by atoms with Crippen molar-refractivity contribution in [2.45, 2.75) is 9.79 Å². The number of rotatable bonds is 3. The van der Waals surface area contributed by atoms with E-state index < -0.39 is 86.5 Å². The summed E-state index contributed by atoms with van der Waals surface area (Å²) >= 11 is 0. The minimum atomic E-state index is -5.25. The van der Waals surface area contributed by atoms with Gasteiger partial charge in [0.25, 0.3) is 10.1 Å². The largest absolute Gasteiger partial charge is 0.507 e. The van der Waals surface area contributed by atoms with Gasteiger partial charge in [0, 0.05) is 11.6 Å². The molecule has 3 aromatic rings. The number of phenols is 4. The van der Waals surface area contributed by atoms with Gasteiger partial charge in [-0.2, -0.15) is 16.8 Å². The lowest BCUT2D eigenvalue weighted by Crippen LogP contribution is -2.07. The van der Waals surface area contributed by atoms with Crippen LogP contribution in [-0.4, -0.2) is 51.5 Å². The highest BCUT2D eigenvalue weighted by atomic mass is 32.2.